The highest BCUT2D eigenvalue weighted by Gasteiger charge is 2.09. The van der Waals surface area contributed by atoms with Crippen LogP contribution in [-0.4, -0.2) is 35.8 Å². The molecule has 0 radical (unpaired) electrons. The summed E-state index contributed by atoms with van der Waals surface area (Å²) in [5.41, 5.74) is 6.80. The zero-order chi connectivity index (χ0) is 14.1. The maximum Gasteiger partial charge on any atom is 0.191 e. The maximum atomic E-state index is 8.94. The number of nitrogens with one attached hydrogen (secondary N) is 3. The number of aromatic amines is 1. The molecule has 1 aromatic rings. The molecule has 7 nitrogen and oxygen atoms in total. The van der Waals surface area contributed by atoms with Crippen LogP contribution in [0.4, 0.5) is 5.82 Å². The predicted octanol–water partition coefficient (Wildman–Crippen LogP) is 0.989. The number of nitrogens with two attached hydrogens (primary N) is 1. The van der Waals surface area contributed by atoms with Gasteiger partial charge in [-0.05, 0) is 26.7 Å². The zero-order valence-electron chi connectivity index (χ0n) is 11.9. The number of guanidine groups is 1. The molecule has 0 aromatic carbocycles. The van der Waals surface area contributed by atoms with E-state index in [4.69, 9.17) is 11.0 Å². The van der Waals surface area contributed by atoms with Gasteiger partial charge in [0, 0.05) is 19.6 Å². The summed E-state index contributed by atoms with van der Waals surface area (Å²) in [6.07, 6.45) is 1.54. The Bertz CT molecular complexity index is 453. The Morgan fingerprint density at radius 2 is 2.05 bits per heavy atom. The van der Waals surface area contributed by atoms with Crippen LogP contribution in [0, 0.1) is 11.3 Å². The molecule has 0 unspecified atom stereocenters. The molecule has 20 heavy (non-hydrogen) atoms. The Kier molecular flexibility index (Phi) is 9.53. The van der Waals surface area contributed by atoms with Crippen molar-refractivity contribution in [2.75, 3.05) is 25.4 Å². The van der Waals surface area contributed by atoms with Crippen LogP contribution in [0.2, 0.25) is 0 Å². The summed E-state index contributed by atoms with van der Waals surface area (Å²) in [5.74, 6) is 1.08. The largest absolute Gasteiger partial charge is 0.381 e. The second-order valence-corrected chi connectivity index (χ2v) is 3.97. The summed E-state index contributed by atoms with van der Waals surface area (Å²) in [6.45, 7) is 6.40. The minimum atomic E-state index is 0. The SMILES string of the molecule is CCNC(=NCCCc1[nH]nc(N)c1C#N)NCC.I. The molecule has 0 aliphatic carbocycles. The number of nitriles is 1. The Morgan fingerprint density at radius 3 is 2.60 bits per heavy atom. The zero-order valence-corrected chi connectivity index (χ0v) is 14.2. The minimum Gasteiger partial charge on any atom is -0.381 e. The molecule has 0 aliphatic heterocycles. The van der Waals surface area contributed by atoms with Gasteiger partial charge in [-0.1, -0.05) is 0 Å². The van der Waals surface area contributed by atoms with Gasteiger partial charge in [0.1, 0.15) is 11.6 Å². The Morgan fingerprint density at radius 1 is 1.40 bits per heavy atom. The molecule has 1 aromatic heterocycles. The molecule has 0 spiro atoms. The van der Waals surface area contributed by atoms with E-state index in [2.05, 4.69) is 31.9 Å². The van der Waals surface area contributed by atoms with E-state index in [0.29, 0.717) is 18.5 Å². The summed E-state index contributed by atoms with van der Waals surface area (Å²) in [6, 6.07) is 2.05. The molecule has 0 bridgehead atoms. The second-order valence-electron chi connectivity index (χ2n) is 3.97. The number of aromatic nitrogens is 2. The molecule has 0 saturated heterocycles. The molecule has 0 saturated carbocycles. The van der Waals surface area contributed by atoms with Crippen molar-refractivity contribution in [1.29, 1.82) is 5.26 Å². The van der Waals surface area contributed by atoms with Crippen LogP contribution in [0.1, 0.15) is 31.5 Å². The molecule has 1 heterocycles. The van der Waals surface area contributed by atoms with Crippen molar-refractivity contribution in [3.05, 3.63) is 11.3 Å². The number of hydrogen-bond donors (Lipinski definition) is 4. The summed E-state index contributed by atoms with van der Waals surface area (Å²) in [4.78, 5) is 4.43. The van der Waals surface area contributed by atoms with E-state index in [-0.39, 0.29) is 29.8 Å². The average molecular weight is 391 g/mol. The van der Waals surface area contributed by atoms with E-state index in [1.807, 2.05) is 13.8 Å². The summed E-state index contributed by atoms with van der Waals surface area (Å²) in [7, 11) is 0. The molecule has 1 rings (SSSR count). The number of halogens is 1. The quantitative estimate of drug-likeness (QED) is 0.250. The summed E-state index contributed by atoms with van der Waals surface area (Å²) < 4.78 is 0. The van der Waals surface area contributed by atoms with Gasteiger partial charge in [0.05, 0.1) is 5.69 Å². The van der Waals surface area contributed by atoms with Crippen molar-refractivity contribution in [2.24, 2.45) is 4.99 Å². The highest BCUT2D eigenvalue weighted by Crippen LogP contribution is 2.13. The van der Waals surface area contributed by atoms with Gasteiger partial charge in [0.25, 0.3) is 0 Å². The number of aliphatic imine (C=N–C) groups is 1. The van der Waals surface area contributed by atoms with E-state index < -0.39 is 0 Å². The smallest absolute Gasteiger partial charge is 0.191 e. The third-order valence-electron chi connectivity index (χ3n) is 2.52. The second kappa shape index (κ2) is 10.3. The van der Waals surface area contributed by atoms with Crippen molar-refractivity contribution in [3.8, 4) is 6.07 Å². The molecular formula is C12H22IN7. The van der Waals surface area contributed by atoms with Crippen LogP contribution in [0.3, 0.4) is 0 Å². The van der Waals surface area contributed by atoms with E-state index in [1.54, 1.807) is 0 Å². The fourth-order valence-corrected chi connectivity index (χ4v) is 1.66. The van der Waals surface area contributed by atoms with Crippen molar-refractivity contribution >= 4 is 35.8 Å². The number of anilines is 1. The van der Waals surface area contributed by atoms with E-state index in [1.165, 1.54) is 0 Å². The van der Waals surface area contributed by atoms with Gasteiger partial charge in [-0.25, -0.2) is 0 Å². The topological polar surface area (TPSA) is 115 Å². The lowest BCUT2D eigenvalue weighted by Gasteiger charge is -2.08. The third kappa shape index (κ3) is 5.64. The van der Waals surface area contributed by atoms with Gasteiger partial charge in [0.2, 0.25) is 0 Å². The van der Waals surface area contributed by atoms with E-state index in [0.717, 1.165) is 31.2 Å². The normalized spacial score (nSPS) is 9.25. The first kappa shape index (κ1) is 18.5. The molecule has 5 N–H and O–H groups in total. The fraction of sp³-hybridized carbons (Fsp3) is 0.583. The lowest BCUT2D eigenvalue weighted by molar-refractivity contribution is 0.779. The van der Waals surface area contributed by atoms with Gasteiger partial charge in [-0.15, -0.1) is 24.0 Å². The van der Waals surface area contributed by atoms with E-state index >= 15 is 0 Å². The van der Waals surface area contributed by atoms with Crippen molar-refractivity contribution in [1.82, 2.24) is 20.8 Å². The molecule has 0 fully saturated rings. The monoisotopic (exact) mass is 391 g/mol. The lowest BCUT2D eigenvalue weighted by atomic mass is 10.1. The summed E-state index contributed by atoms with van der Waals surface area (Å²) >= 11 is 0. The van der Waals surface area contributed by atoms with Crippen LogP contribution in [-0.2, 0) is 6.42 Å². The van der Waals surface area contributed by atoms with E-state index in [9.17, 15) is 0 Å². The number of nitrogen functional groups attached to an aromatic ring is 1. The summed E-state index contributed by atoms with van der Waals surface area (Å²) in [5, 5.41) is 21.9. The van der Waals surface area contributed by atoms with Crippen LogP contribution < -0.4 is 16.4 Å². The third-order valence-corrected chi connectivity index (χ3v) is 2.52. The molecular weight excluding hydrogens is 369 g/mol. The standard InChI is InChI=1S/C12H21N7.HI/c1-3-15-12(16-4-2)17-7-5-6-10-9(8-13)11(14)19-18-10;/h3-7H2,1-2H3,(H3,14,18,19)(H2,15,16,17);1H. The first-order valence-corrected chi connectivity index (χ1v) is 6.47. The molecule has 112 valence electrons. The average Bonchev–Trinajstić information content (AvgIpc) is 2.75. The Labute approximate surface area is 136 Å². The number of nitrogens with zero attached hydrogens (tertiary/aromatic N) is 3. The number of hydrogen-bond acceptors (Lipinski definition) is 4. The highest BCUT2D eigenvalue weighted by atomic mass is 127. The van der Waals surface area contributed by atoms with Crippen molar-refractivity contribution < 1.29 is 0 Å². The van der Waals surface area contributed by atoms with Crippen LogP contribution in [0.15, 0.2) is 4.99 Å². The Balaban J connectivity index is 0.00000361. The van der Waals surface area contributed by atoms with Gasteiger partial charge < -0.3 is 16.4 Å². The number of H-pyrrole nitrogens is 1. The molecule has 8 heteroatoms. The van der Waals surface area contributed by atoms with Crippen molar-refractivity contribution in [2.45, 2.75) is 26.7 Å². The van der Waals surface area contributed by atoms with Gasteiger partial charge >= 0.3 is 0 Å². The fourth-order valence-electron chi connectivity index (χ4n) is 1.66. The highest BCUT2D eigenvalue weighted by molar-refractivity contribution is 14.0. The van der Waals surface area contributed by atoms with Gasteiger partial charge in [-0.3, -0.25) is 10.1 Å². The van der Waals surface area contributed by atoms with Crippen molar-refractivity contribution in [3.63, 3.8) is 0 Å². The molecule has 0 atom stereocenters. The molecule has 0 amide bonds. The lowest BCUT2D eigenvalue weighted by Crippen LogP contribution is -2.37. The first-order valence-electron chi connectivity index (χ1n) is 6.47. The molecule has 0 aliphatic rings. The van der Waals surface area contributed by atoms with Crippen LogP contribution in [0.5, 0.6) is 0 Å². The minimum absolute atomic E-state index is 0. The van der Waals surface area contributed by atoms with Gasteiger partial charge in [-0.2, -0.15) is 10.4 Å². The van der Waals surface area contributed by atoms with Crippen LogP contribution in [0.25, 0.3) is 0 Å². The predicted molar refractivity (Wildman–Crippen MR) is 91.1 cm³/mol. The maximum absolute atomic E-state index is 8.94. The number of rotatable bonds is 6. The first-order chi connectivity index (χ1) is 9.22. The van der Waals surface area contributed by atoms with Gasteiger partial charge in [0.15, 0.2) is 11.8 Å². The number of aryl methyl sites for hydroxylation is 1. The van der Waals surface area contributed by atoms with Crippen LogP contribution >= 0.6 is 24.0 Å². The Hall–Kier alpha value is -1.50.